The number of hydrogen-bond donors (Lipinski definition) is 4. The summed E-state index contributed by atoms with van der Waals surface area (Å²) in [4.78, 5) is 42.5. The number of likely N-dealkylation sites (N-methyl/N-ethyl adjacent to an activating group) is 1. The Balaban J connectivity index is 1.64. The molecule has 3 aliphatic heterocycles. The number of nitrogens with zero attached hydrogens (tertiary/aromatic N) is 1. The van der Waals surface area contributed by atoms with Gasteiger partial charge in [0.15, 0.2) is 17.7 Å². The number of carbonyl (C=O) groups excluding carboxylic acids is 3. The zero-order chi connectivity index (χ0) is 37.7. The number of methoxy groups -OCH3 is 1. The summed E-state index contributed by atoms with van der Waals surface area (Å²) in [5, 5.41) is 21.6. The second kappa shape index (κ2) is 17.5. The second-order valence-electron chi connectivity index (χ2n) is 15.5. The summed E-state index contributed by atoms with van der Waals surface area (Å²) in [6.45, 7) is 14.5. The van der Waals surface area contributed by atoms with E-state index in [1.807, 2.05) is 58.0 Å². The van der Waals surface area contributed by atoms with Gasteiger partial charge in [0.25, 0.3) is 0 Å². The molecule has 4 rings (SSSR count). The van der Waals surface area contributed by atoms with Crippen LogP contribution in [0.25, 0.3) is 0 Å². The maximum atomic E-state index is 14.3. The van der Waals surface area contributed by atoms with Crippen molar-refractivity contribution in [1.82, 2.24) is 20.9 Å². The molecule has 3 unspecified atom stereocenters. The van der Waals surface area contributed by atoms with Crippen LogP contribution in [0.5, 0.6) is 0 Å². The van der Waals surface area contributed by atoms with Crippen molar-refractivity contribution in [3.05, 3.63) is 35.9 Å². The van der Waals surface area contributed by atoms with Crippen molar-refractivity contribution in [1.29, 1.82) is 0 Å². The standard InChI is InChI=1S/C38H62N4O9/c1-11-29-38(7)32(41-36(46)51-38)25(5)40-19-22(2)18-37(6,47-10)33(23(3)30(43)24(4)34(45)49-29)50-35-31(44)28(42(8)9)17-27(48-35)21-39-20-26-15-13-12-14-16-26/h12-16,22-25,27-29,31-33,35,39-40,44H,11,17-21H2,1-10H3,(H,41,46)/t22-,23+,24?,25-,27+,28?,29+,31?,32-,33-,35+,37-,38-/m1/s1. The maximum absolute atomic E-state index is 14.3. The number of alkyl carbamates (subject to hydrolysis) is 1. The molecule has 1 amide bonds. The monoisotopic (exact) mass is 718 g/mol. The third-order valence-corrected chi connectivity index (χ3v) is 11.3. The van der Waals surface area contributed by atoms with Crippen molar-refractivity contribution in [2.75, 3.05) is 34.3 Å². The van der Waals surface area contributed by atoms with E-state index >= 15 is 0 Å². The Bertz CT molecular complexity index is 1320. The molecule has 1 aromatic rings. The first kappa shape index (κ1) is 41.1. The van der Waals surface area contributed by atoms with Gasteiger partial charge in [0, 0.05) is 38.2 Å². The minimum Gasteiger partial charge on any atom is -0.458 e. The largest absolute Gasteiger partial charge is 0.458 e. The Hall–Kier alpha value is -2.65. The first-order valence-corrected chi connectivity index (χ1v) is 18.5. The van der Waals surface area contributed by atoms with Gasteiger partial charge in [-0.2, -0.15) is 0 Å². The molecule has 288 valence electrons. The Morgan fingerprint density at radius 1 is 1.08 bits per heavy atom. The van der Waals surface area contributed by atoms with Gasteiger partial charge in [-0.25, -0.2) is 4.79 Å². The van der Waals surface area contributed by atoms with Crippen molar-refractivity contribution in [2.24, 2.45) is 17.8 Å². The van der Waals surface area contributed by atoms with Crippen LogP contribution in [0.4, 0.5) is 4.79 Å². The lowest BCUT2D eigenvalue weighted by atomic mass is 9.78. The van der Waals surface area contributed by atoms with Gasteiger partial charge in [-0.1, -0.05) is 51.1 Å². The lowest BCUT2D eigenvalue weighted by molar-refractivity contribution is -0.297. The van der Waals surface area contributed by atoms with E-state index in [9.17, 15) is 19.5 Å². The van der Waals surface area contributed by atoms with E-state index in [-0.39, 0.29) is 24.1 Å². The number of benzene rings is 1. The van der Waals surface area contributed by atoms with Crippen LogP contribution in [0.15, 0.2) is 30.3 Å². The minimum atomic E-state index is -1.16. The van der Waals surface area contributed by atoms with E-state index in [0.717, 1.165) is 5.56 Å². The Morgan fingerprint density at radius 2 is 1.76 bits per heavy atom. The Labute approximate surface area is 303 Å². The first-order chi connectivity index (χ1) is 24.0. The number of amides is 1. The third-order valence-electron chi connectivity index (χ3n) is 11.3. The normalized spacial score (nSPS) is 40.1. The number of fused-ring (bicyclic) bond motifs is 1. The molecule has 3 aliphatic rings. The number of nitrogens with one attached hydrogen (secondary N) is 3. The highest BCUT2D eigenvalue weighted by molar-refractivity contribution is 6.00. The van der Waals surface area contributed by atoms with Gasteiger partial charge in [-0.05, 0) is 79.1 Å². The Morgan fingerprint density at radius 3 is 2.39 bits per heavy atom. The highest BCUT2D eigenvalue weighted by Crippen LogP contribution is 2.37. The molecule has 0 saturated carbocycles. The zero-order valence-electron chi connectivity index (χ0n) is 32.1. The summed E-state index contributed by atoms with van der Waals surface area (Å²) < 4.78 is 31.2. The molecule has 0 spiro atoms. The van der Waals surface area contributed by atoms with Gasteiger partial charge in [0.1, 0.15) is 18.1 Å². The molecule has 1 aromatic carbocycles. The van der Waals surface area contributed by atoms with Crippen LogP contribution < -0.4 is 16.0 Å². The van der Waals surface area contributed by atoms with Crippen LogP contribution in [0.1, 0.15) is 73.3 Å². The summed E-state index contributed by atoms with van der Waals surface area (Å²) in [5.41, 5.74) is -1.05. The molecule has 3 heterocycles. The number of ether oxygens (including phenoxy) is 5. The van der Waals surface area contributed by atoms with Crippen LogP contribution in [0.3, 0.4) is 0 Å². The van der Waals surface area contributed by atoms with Crippen LogP contribution in [-0.2, 0) is 39.8 Å². The number of ketones is 1. The highest BCUT2D eigenvalue weighted by Gasteiger charge is 2.55. The topological polar surface area (TPSA) is 157 Å². The van der Waals surface area contributed by atoms with E-state index in [1.54, 1.807) is 21.0 Å². The zero-order valence-corrected chi connectivity index (χ0v) is 32.1. The number of Topliss-reactive ketones (excluding diaryl/α,β-unsaturated/α-hetero) is 1. The molecule has 0 aliphatic carbocycles. The molecular weight excluding hydrogens is 656 g/mol. The number of cyclic esters (lactones) is 1. The maximum Gasteiger partial charge on any atom is 0.408 e. The van der Waals surface area contributed by atoms with Gasteiger partial charge in [-0.15, -0.1) is 0 Å². The fraction of sp³-hybridized carbons (Fsp3) is 0.763. The molecule has 13 heteroatoms. The van der Waals surface area contributed by atoms with E-state index in [2.05, 4.69) is 35.0 Å². The molecule has 0 aromatic heterocycles. The summed E-state index contributed by atoms with van der Waals surface area (Å²) in [7, 11) is 5.41. The molecule has 0 bridgehead atoms. The molecule has 3 saturated heterocycles. The van der Waals surface area contributed by atoms with Crippen LogP contribution in [0.2, 0.25) is 0 Å². The van der Waals surface area contributed by atoms with Gasteiger partial charge in [-0.3, -0.25) is 9.59 Å². The van der Waals surface area contributed by atoms with Crippen LogP contribution >= 0.6 is 0 Å². The van der Waals surface area contributed by atoms with Crippen molar-refractivity contribution in [3.8, 4) is 0 Å². The molecule has 3 fully saturated rings. The van der Waals surface area contributed by atoms with E-state index in [4.69, 9.17) is 23.7 Å². The predicted octanol–water partition coefficient (Wildman–Crippen LogP) is 3.02. The number of aliphatic hydroxyl groups excluding tert-OH is 1. The van der Waals surface area contributed by atoms with Gasteiger partial charge in [0.2, 0.25) is 0 Å². The summed E-state index contributed by atoms with van der Waals surface area (Å²) >= 11 is 0. The van der Waals surface area contributed by atoms with Crippen molar-refractivity contribution >= 4 is 17.8 Å². The second-order valence-corrected chi connectivity index (χ2v) is 15.5. The fourth-order valence-corrected chi connectivity index (χ4v) is 8.13. The third kappa shape index (κ3) is 9.48. The lowest BCUT2D eigenvalue weighted by Crippen LogP contribution is -2.60. The molecule has 13 atom stereocenters. The summed E-state index contributed by atoms with van der Waals surface area (Å²) in [6.07, 6.45) is -3.27. The number of carbonyl (C=O) groups is 3. The number of esters is 1. The number of aliphatic hydroxyl groups is 1. The van der Waals surface area contributed by atoms with Gasteiger partial charge < -0.3 is 49.6 Å². The average molecular weight is 719 g/mol. The SMILES string of the molecule is CC[C@@H]1OC(=O)C(C)C(=O)[C@H](C)[C@@H](O[C@@H]2O[C@H](CNCc3ccccc3)CC(N(C)C)C2O)[C@](C)(OC)C[C@@H](C)CN[C@H](C)[C@H]2NC(=O)O[C@]12C. The average Bonchev–Trinajstić information content (AvgIpc) is 3.42. The molecule has 0 radical (unpaired) electrons. The van der Waals surface area contributed by atoms with Gasteiger partial charge in [0.05, 0.1) is 23.9 Å². The quantitative estimate of drug-likeness (QED) is 0.219. The predicted molar refractivity (Wildman–Crippen MR) is 192 cm³/mol. The van der Waals surface area contributed by atoms with Crippen LogP contribution in [0, 0.1) is 17.8 Å². The molecule has 13 nitrogen and oxygen atoms in total. The van der Waals surface area contributed by atoms with E-state index < -0.39 is 71.5 Å². The molecule has 51 heavy (non-hydrogen) atoms. The van der Waals surface area contributed by atoms with Crippen molar-refractivity contribution in [3.63, 3.8) is 0 Å². The molecule has 4 N–H and O–H groups in total. The lowest BCUT2D eigenvalue weighted by Gasteiger charge is -2.47. The molecular formula is C38H62N4O9. The summed E-state index contributed by atoms with van der Waals surface area (Å²) in [6, 6.07) is 9.07. The van der Waals surface area contributed by atoms with Crippen molar-refractivity contribution < 1.29 is 43.2 Å². The van der Waals surface area contributed by atoms with Crippen LogP contribution in [-0.4, -0.2) is 122 Å². The fourth-order valence-electron chi connectivity index (χ4n) is 8.13. The number of hydrogen-bond acceptors (Lipinski definition) is 12. The highest BCUT2D eigenvalue weighted by atomic mass is 16.7. The van der Waals surface area contributed by atoms with E-state index in [0.29, 0.717) is 38.9 Å². The van der Waals surface area contributed by atoms with Gasteiger partial charge >= 0.3 is 12.1 Å². The van der Waals surface area contributed by atoms with Crippen molar-refractivity contribution in [2.45, 2.75) is 134 Å². The first-order valence-electron chi connectivity index (χ1n) is 18.5. The summed E-state index contributed by atoms with van der Waals surface area (Å²) in [5.74, 6) is -3.11. The minimum absolute atomic E-state index is 0.0131. The number of rotatable bonds is 9. The smallest absolute Gasteiger partial charge is 0.408 e. The Kier molecular flexibility index (Phi) is 14.1. The van der Waals surface area contributed by atoms with E-state index in [1.165, 1.54) is 6.92 Å².